The Hall–Kier alpha value is -3.07. The van der Waals surface area contributed by atoms with Crippen LogP contribution in [0.5, 0.6) is 0 Å². The molecule has 0 heterocycles. The largest absolute Gasteiger partial charge is 0.352 e. The molecule has 0 aromatic heterocycles. The molecule has 0 aliphatic carbocycles. The second-order valence-electron chi connectivity index (χ2n) is 9.67. The van der Waals surface area contributed by atoms with Gasteiger partial charge in [0.2, 0.25) is 11.8 Å². The maximum atomic E-state index is 14.1. The summed E-state index contributed by atoms with van der Waals surface area (Å²) >= 11 is 12.7. The van der Waals surface area contributed by atoms with Gasteiger partial charge in [-0.3, -0.25) is 13.9 Å². The number of benzene rings is 3. The minimum atomic E-state index is -4.25. The first-order valence-corrected chi connectivity index (χ1v) is 15.4. The van der Waals surface area contributed by atoms with Crippen LogP contribution in [0.25, 0.3) is 0 Å². The fraction of sp³-hybridized carbons (Fsp3) is 0.333. The van der Waals surface area contributed by atoms with E-state index in [2.05, 4.69) is 5.32 Å². The van der Waals surface area contributed by atoms with Gasteiger partial charge in [-0.1, -0.05) is 85.1 Å². The van der Waals surface area contributed by atoms with Gasteiger partial charge in [0.1, 0.15) is 12.6 Å². The topological polar surface area (TPSA) is 86.8 Å². The number of hydrogen-bond acceptors (Lipinski definition) is 4. The van der Waals surface area contributed by atoms with E-state index in [0.29, 0.717) is 6.42 Å². The lowest BCUT2D eigenvalue weighted by molar-refractivity contribution is -0.140. The molecule has 7 nitrogen and oxygen atoms in total. The van der Waals surface area contributed by atoms with Gasteiger partial charge in [-0.2, -0.15) is 0 Å². The van der Waals surface area contributed by atoms with Gasteiger partial charge in [0.25, 0.3) is 10.0 Å². The molecule has 0 bridgehead atoms. The quantitative estimate of drug-likeness (QED) is 0.266. The number of halogens is 2. The van der Waals surface area contributed by atoms with Crippen molar-refractivity contribution in [2.24, 2.45) is 0 Å². The second kappa shape index (κ2) is 14.0. The van der Waals surface area contributed by atoms with Crippen LogP contribution in [0.3, 0.4) is 0 Å². The highest BCUT2D eigenvalue weighted by Gasteiger charge is 2.34. The minimum absolute atomic E-state index is 0.00175. The van der Waals surface area contributed by atoms with Gasteiger partial charge in [-0.25, -0.2) is 8.42 Å². The molecule has 0 saturated heterocycles. The number of sulfonamides is 1. The fourth-order valence-corrected chi connectivity index (χ4v) is 6.03. The highest BCUT2D eigenvalue weighted by Crippen LogP contribution is 2.33. The molecule has 2 atom stereocenters. The zero-order valence-electron chi connectivity index (χ0n) is 23.1. The highest BCUT2D eigenvalue weighted by atomic mass is 35.5. The Kier molecular flexibility index (Phi) is 11.0. The van der Waals surface area contributed by atoms with Crippen LogP contribution in [0.4, 0.5) is 5.69 Å². The van der Waals surface area contributed by atoms with E-state index in [1.165, 1.54) is 29.2 Å². The maximum absolute atomic E-state index is 14.1. The Morgan fingerprint density at radius 3 is 2.17 bits per heavy atom. The molecule has 0 saturated carbocycles. The van der Waals surface area contributed by atoms with Crippen LogP contribution in [-0.2, 0) is 26.2 Å². The summed E-state index contributed by atoms with van der Waals surface area (Å²) in [6.45, 7) is 7.06. The molecular formula is C30H35Cl2N3O4S. The monoisotopic (exact) mass is 603 g/mol. The van der Waals surface area contributed by atoms with Crippen molar-refractivity contribution < 1.29 is 18.0 Å². The summed E-state index contributed by atoms with van der Waals surface area (Å²) in [5.74, 6) is -0.850. The van der Waals surface area contributed by atoms with Crippen molar-refractivity contribution in [2.75, 3.05) is 10.8 Å². The normalized spacial score (nSPS) is 12.8. The Labute approximate surface area is 247 Å². The Bertz CT molecular complexity index is 1420. The number of rotatable bonds is 12. The van der Waals surface area contributed by atoms with Crippen molar-refractivity contribution in [1.82, 2.24) is 10.2 Å². The molecule has 214 valence electrons. The highest BCUT2D eigenvalue weighted by molar-refractivity contribution is 7.92. The lowest BCUT2D eigenvalue weighted by Crippen LogP contribution is -2.53. The zero-order chi connectivity index (χ0) is 29.4. The average molecular weight is 605 g/mol. The smallest absolute Gasteiger partial charge is 0.264 e. The van der Waals surface area contributed by atoms with E-state index >= 15 is 0 Å². The van der Waals surface area contributed by atoms with Crippen LogP contribution < -0.4 is 9.62 Å². The SMILES string of the molecule is CCC(C)NC(=O)C(CC)N(Cc1ccccc1)C(=O)CN(c1cc(Cl)ccc1Cl)S(=O)(=O)c1ccc(C)cc1. The third-order valence-electron chi connectivity index (χ3n) is 6.65. The first kappa shape index (κ1) is 31.5. The van der Waals surface area contributed by atoms with Gasteiger partial charge in [-0.05, 0) is 62.6 Å². The number of nitrogens with zero attached hydrogens (tertiary/aromatic N) is 2. The van der Waals surface area contributed by atoms with Crippen molar-refractivity contribution in [3.8, 4) is 0 Å². The van der Waals surface area contributed by atoms with E-state index in [9.17, 15) is 18.0 Å². The predicted molar refractivity (Wildman–Crippen MR) is 161 cm³/mol. The molecule has 0 spiro atoms. The molecule has 0 radical (unpaired) electrons. The Morgan fingerprint density at radius 2 is 1.57 bits per heavy atom. The fourth-order valence-electron chi connectivity index (χ4n) is 4.17. The molecular weight excluding hydrogens is 569 g/mol. The maximum Gasteiger partial charge on any atom is 0.264 e. The molecule has 2 unspecified atom stereocenters. The van der Waals surface area contributed by atoms with Crippen LogP contribution in [0.15, 0.2) is 77.7 Å². The Balaban J connectivity index is 2.09. The van der Waals surface area contributed by atoms with E-state index in [4.69, 9.17) is 23.2 Å². The van der Waals surface area contributed by atoms with Crippen molar-refractivity contribution in [1.29, 1.82) is 0 Å². The number of carbonyl (C=O) groups excluding carboxylic acids is 2. The molecule has 0 aliphatic rings. The molecule has 3 rings (SSSR count). The van der Waals surface area contributed by atoms with E-state index in [1.54, 1.807) is 18.2 Å². The molecule has 10 heteroatoms. The molecule has 2 amide bonds. The Morgan fingerprint density at radius 1 is 0.925 bits per heavy atom. The van der Waals surface area contributed by atoms with Gasteiger partial charge in [0.15, 0.2) is 0 Å². The summed E-state index contributed by atoms with van der Waals surface area (Å²) in [7, 11) is -4.25. The van der Waals surface area contributed by atoms with Crippen molar-refractivity contribution in [2.45, 2.75) is 64.1 Å². The number of nitrogens with one attached hydrogen (secondary N) is 1. The van der Waals surface area contributed by atoms with E-state index in [-0.39, 0.29) is 39.1 Å². The summed E-state index contributed by atoms with van der Waals surface area (Å²) in [6.07, 6.45) is 1.06. The van der Waals surface area contributed by atoms with Crippen LogP contribution >= 0.6 is 23.2 Å². The molecule has 40 heavy (non-hydrogen) atoms. The second-order valence-corrected chi connectivity index (χ2v) is 12.4. The minimum Gasteiger partial charge on any atom is -0.352 e. The number of amides is 2. The number of anilines is 1. The van der Waals surface area contributed by atoms with Crippen LogP contribution in [0.1, 0.15) is 44.7 Å². The van der Waals surface area contributed by atoms with Gasteiger partial charge >= 0.3 is 0 Å². The van der Waals surface area contributed by atoms with E-state index in [1.807, 2.05) is 58.0 Å². The standard InChI is InChI=1S/C30H35Cl2N3O4S/c1-5-22(4)33-30(37)27(6-2)34(19-23-10-8-7-9-11-23)29(36)20-35(28-18-24(31)14-17-26(28)32)40(38,39)25-15-12-21(3)13-16-25/h7-18,22,27H,5-6,19-20H2,1-4H3,(H,33,37). The first-order chi connectivity index (χ1) is 19.0. The van der Waals surface area contributed by atoms with Crippen molar-refractivity contribution in [3.05, 3.63) is 94.0 Å². The van der Waals surface area contributed by atoms with Crippen LogP contribution in [0, 0.1) is 6.92 Å². The summed E-state index contributed by atoms with van der Waals surface area (Å²) in [6, 6.07) is 19.1. The van der Waals surface area contributed by atoms with Crippen LogP contribution in [-0.4, -0.2) is 43.8 Å². The summed E-state index contributed by atoms with van der Waals surface area (Å²) in [4.78, 5) is 28.8. The third kappa shape index (κ3) is 7.77. The van der Waals surface area contributed by atoms with Gasteiger partial charge < -0.3 is 10.2 Å². The predicted octanol–water partition coefficient (Wildman–Crippen LogP) is 6.22. The van der Waals surface area contributed by atoms with Gasteiger partial charge in [-0.15, -0.1) is 0 Å². The third-order valence-corrected chi connectivity index (χ3v) is 8.98. The van der Waals surface area contributed by atoms with E-state index < -0.39 is 28.5 Å². The lowest BCUT2D eigenvalue weighted by Gasteiger charge is -2.34. The van der Waals surface area contributed by atoms with Crippen LogP contribution in [0.2, 0.25) is 10.0 Å². The first-order valence-electron chi connectivity index (χ1n) is 13.2. The number of hydrogen-bond donors (Lipinski definition) is 1. The molecule has 3 aromatic rings. The zero-order valence-corrected chi connectivity index (χ0v) is 25.4. The summed E-state index contributed by atoms with van der Waals surface area (Å²) in [5.41, 5.74) is 1.76. The van der Waals surface area contributed by atoms with Crippen molar-refractivity contribution in [3.63, 3.8) is 0 Å². The van der Waals surface area contributed by atoms with Crippen molar-refractivity contribution >= 4 is 50.7 Å². The lowest BCUT2D eigenvalue weighted by atomic mass is 10.1. The average Bonchev–Trinajstić information content (AvgIpc) is 2.93. The van der Waals surface area contributed by atoms with Gasteiger partial charge in [0, 0.05) is 17.6 Å². The molecule has 3 aromatic carbocycles. The number of carbonyl (C=O) groups is 2. The van der Waals surface area contributed by atoms with E-state index in [0.717, 1.165) is 21.9 Å². The summed E-state index contributed by atoms with van der Waals surface area (Å²) < 4.78 is 28.9. The molecule has 0 fully saturated rings. The number of aryl methyl sites for hydroxylation is 1. The van der Waals surface area contributed by atoms with Gasteiger partial charge in [0.05, 0.1) is 15.6 Å². The summed E-state index contributed by atoms with van der Waals surface area (Å²) in [5, 5.41) is 3.34. The molecule has 0 aliphatic heterocycles. The molecule has 1 N–H and O–H groups in total.